The molecule has 0 radical (unpaired) electrons. The number of hydrogen-bond acceptors (Lipinski definition) is 4. The lowest BCUT2D eigenvalue weighted by atomic mass is 9.67. The Kier molecular flexibility index (Phi) is 5.53. The van der Waals surface area contributed by atoms with Crippen molar-refractivity contribution in [1.82, 2.24) is 19.9 Å². The maximum absolute atomic E-state index is 13.0. The summed E-state index contributed by atoms with van der Waals surface area (Å²) >= 11 is 0. The first-order valence-corrected chi connectivity index (χ1v) is 9.29. The lowest BCUT2D eigenvalue weighted by molar-refractivity contribution is -0.137. The van der Waals surface area contributed by atoms with Crippen LogP contribution in [-0.2, 0) is 23.4 Å². The standard InChI is InChI=1S/C20H24F3N5O/c1-4-9-28-13(2)10-19(18(24)29,11-17(28)16-12-27(3)26-25-16)14-5-7-15(8-6-14)20(21,22)23/h4-8,12-13,17H,1,9-11H2,2-3H3,(H2,24,29)/t13-,17-,19-/m0/s1. The van der Waals surface area contributed by atoms with E-state index < -0.39 is 23.1 Å². The summed E-state index contributed by atoms with van der Waals surface area (Å²) in [5, 5.41) is 8.20. The topological polar surface area (TPSA) is 77.0 Å². The van der Waals surface area contributed by atoms with E-state index in [2.05, 4.69) is 21.8 Å². The van der Waals surface area contributed by atoms with Gasteiger partial charge in [-0.2, -0.15) is 13.2 Å². The highest BCUT2D eigenvalue weighted by molar-refractivity contribution is 5.87. The Morgan fingerprint density at radius 2 is 2.00 bits per heavy atom. The normalized spacial score (nSPS) is 25.7. The van der Waals surface area contributed by atoms with Crippen LogP contribution in [0.3, 0.4) is 0 Å². The molecule has 2 aromatic rings. The number of likely N-dealkylation sites (tertiary alicyclic amines) is 1. The van der Waals surface area contributed by atoms with Gasteiger partial charge in [-0.25, -0.2) is 0 Å². The van der Waals surface area contributed by atoms with Crippen molar-refractivity contribution in [2.45, 2.75) is 43.4 Å². The lowest BCUT2D eigenvalue weighted by Gasteiger charge is -2.48. The van der Waals surface area contributed by atoms with Gasteiger partial charge in [-0.3, -0.25) is 14.4 Å². The second-order valence-corrected chi connectivity index (χ2v) is 7.60. The van der Waals surface area contributed by atoms with E-state index >= 15 is 0 Å². The molecule has 1 aromatic heterocycles. The minimum atomic E-state index is -4.44. The van der Waals surface area contributed by atoms with Crippen molar-refractivity contribution in [3.8, 4) is 0 Å². The molecule has 2 heterocycles. The second-order valence-electron chi connectivity index (χ2n) is 7.60. The van der Waals surface area contributed by atoms with Crippen LogP contribution >= 0.6 is 0 Å². The third-order valence-corrected chi connectivity index (χ3v) is 5.69. The van der Waals surface area contributed by atoms with E-state index in [1.807, 2.05) is 6.92 Å². The van der Waals surface area contributed by atoms with Crippen LogP contribution in [0.2, 0.25) is 0 Å². The van der Waals surface area contributed by atoms with Crippen LogP contribution in [0.5, 0.6) is 0 Å². The van der Waals surface area contributed by atoms with Crippen molar-refractivity contribution < 1.29 is 18.0 Å². The van der Waals surface area contributed by atoms with Gasteiger partial charge in [0.05, 0.1) is 22.7 Å². The molecule has 1 fully saturated rings. The molecule has 3 rings (SSSR count). The first-order valence-electron chi connectivity index (χ1n) is 9.29. The molecular weight excluding hydrogens is 383 g/mol. The Morgan fingerprint density at radius 3 is 2.48 bits per heavy atom. The minimum Gasteiger partial charge on any atom is -0.369 e. The van der Waals surface area contributed by atoms with E-state index in [1.54, 1.807) is 24.0 Å². The molecule has 1 saturated heterocycles. The highest BCUT2D eigenvalue weighted by Crippen LogP contribution is 2.46. The monoisotopic (exact) mass is 407 g/mol. The average Bonchev–Trinajstić information content (AvgIpc) is 3.08. The molecule has 0 bridgehead atoms. The maximum Gasteiger partial charge on any atom is 0.416 e. The van der Waals surface area contributed by atoms with Gasteiger partial charge in [0.1, 0.15) is 0 Å². The second kappa shape index (κ2) is 7.62. The number of alkyl halides is 3. The summed E-state index contributed by atoms with van der Waals surface area (Å²) in [6.07, 6.45) is -0.212. The number of halogens is 3. The zero-order chi connectivity index (χ0) is 21.4. The van der Waals surface area contributed by atoms with Crippen LogP contribution in [0, 0.1) is 0 Å². The van der Waals surface area contributed by atoms with Gasteiger partial charge in [0.2, 0.25) is 5.91 Å². The zero-order valence-corrected chi connectivity index (χ0v) is 16.4. The largest absolute Gasteiger partial charge is 0.416 e. The van der Waals surface area contributed by atoms with Crippen molar-refractivity contribution >= 4 is 5.91 Å². The molecule has 9 heteroatoms. The van der Waals surface area contributed by atoms with Crippen molar-refractivity contribution in [1.29, 1.82) is 0 Å². The Hall–Kier alpha value is -2.68. The van der Waals surface area contributed by atoms with E-state index in [0.717, 1.165) is 12.1 Å². The molecule has 0 aliphatic carbocycles. The Labute approximate surface area is 167 Å². The van der Waals surface area contributed by atoms with E-state index in [1.165, 1.54) is 12.1 Å². The molecule has 0 unspecified atom stereocenters. The van der Waals surface area contributed by atoms with Gasteiger partial charge in [-0.05, 0) is 37.5 Å². The summed E-state index contributed by atoms with van der Waals surface area (Å²) in [6.45, 7) is 6.34. The lowest BCUT2D eigenvalue weighted by Crippen LogP contribution is -2.54. The summed E-state index contributed by atoms with van der Waals surface area (Å²) in [5.41, 5.74) is 5.14. The molecular formula is C20H24F3N5O. The molecule has 1 aromatic carbocycles. The number of aromatic nitrogens is 3. The summed E-state index contributed by atoms with van der Waals surface area (Å²) in [6, 6.07) is 4.36. The fourth-order valence-electron chi connectivity index (χ4n) is 4.27. The molecule has 1 amide bonds. The number of nitrogens with two attached hydrogens (primary N) is 1. The predicted molar refractivity (Wildman–Crippen MR) is 102 cm³/mol. The Bertz CT molecular complexity index is 892. The number of amides is 1. The smallest absolute Gasteiger partial charge is 0.369 e. The molecule has 1 aliphatic rings. The van der Waals surface area contributed by atoms with Gasteiger partial charge >= 0.3 is 6.18 Å². The first kappa shape index (κ1) is 21.0. The molecule has 3 atom stereocenters. The number of carbonyl (C=O) groups excluding carboxylic acids is 1. The number of primary amides is 1. The zero-order valence-electron chi connectivity index (χ0n) is 16.4. The van der Waals surface area contributed by atoms with Crippen LogP contribution < -0.4 is 5.73 Å². The number of piperidine rings is 1. The van der Waals surface area contributed by atoms with Crippen molar-refractivity contribution in [3.05, 3.63) is 59.9 Å². The highest BCUT2D eigenvalue weighted by atomic mass is 19.4. The summed E-state index contributed by atoms with van der Waals surface area (Å²) in [7, 11) is 1.75. The average molecular weight is 407 g/mol. The van der Waals surface area contributed by atoms with E-state index in [4.69, 9.17) is 5.73 Å². The SMILES string of the molecule is C=CCN1[C@@H](C)C[C@@](C(N)=O)(c2ccc(C(F)(F)F)cc2)C[C@H]1c1cn(C)nn1. The Balaban J connectivity index is 2.06. The van der Waals surface area contributed by atoms with Crippen molar-refractivity contribution in [2.24, 2.45) is 12.8 Å². The third-order valence-electron chi connectivity index (χ3n) is 5.69. The van der Waals surface area contributed by atoms with E-state index in [-0.39, 0.29) is 12.1 Å². The molecule has 0 saturated carbocycles. The van der Waals surface area contributed by atoms with Gasteiger partial charge in [0, 0.05) is 25.8 Å². The Morgan fingerprint density at radius 1 is 1.34 bits per heavy atom. The minimum absolute atomic E-state index is 0.0800. The molecule has 6 nitrogen and oxygen atoms in total. The summed E-state index contributed by atoms with van der Waals surface area (Å²) < 4.78 is 40.5. The van der Waals surface area contributed by atoms with E-state index in [0.29, 0.717) is 30.6 Å². The predicted octanol–water partition coefficient (Wildman–Crippen LogP) is 2.97. The van der Waals surface area contributed by atoms with Gasteiger partial charge in [0.15, 0.2) is 0 Å². The van der Waals surface area contributed by atoms with Crippen LogP contribution in [0.15, 0.2) is 43.1 Å². The molecule has 156 valence electrons. The summed E-state index contributed by atoms with van der Waals surface area (Å²) in [5.74, 6) is -0.559. The maximum atomic E-state index is 13.0. The van der Waals surface area contributed by atoms with E-state index in [9.17, 15) is 18.0 Å². The number of nitrogens with zero attached hydrogens (tertiary/aromatic N) is 4. The molecule has 29 heavy (non-hydrogen) atoms. The number of rotatable bonds is 5. The number of aryl methyl sites for hydroxylation is 1. The highest BCUT2D eigenvalue weighted by Gasteiger charge is 2.49. The fraction of sp³-hybridized carbons (Fsp3) is 0.450. The first-order chi connectivity index (χ1) is 13.6. The van der Waals surface area contributed by atoms with Crippen LogP contribution in [0.25, 0.3) is 0 Å². The van der Waals surface area contributed by atoms with Gasteiger partial charge in [-0.1, -0.05) is 23.4 Å². The number of hydrogen-bond donors (Lipinski definition) is 1. The third kappa shape index (κ3) is 3.91. The van der Waals surface area contributed by atoms with Crippen LogP contribution in [0.1, 0.15) is 42.6 Å². The molecule has 2 N–H and O–H groups in total. The fourth-order valence-corrected chi connectivity index (χ4v) is 4.27. The van der Waals surface area contributed by atoms with Gasteiger partial charge < -0.3 is 5.73 Å². The van der Waals surface area contributed by atoms with Crippen LogP contribution in [0.4, 0.5) is 13.2 Å². The number of benzene rings is 1. The molecule has 0 spiro atoms. The van der Waals surface area contributed by atoms with Gasteiger partial charge in [-0.15, -0.1) is 11.7 Å². The summed E-state index contributed by atoms with van der Waals surface area (Å²) in [4.78, 5) is 14.8. The van der Waals surface area contributed by atoms with Gasteiger partial charge in [0.25, 0.3) is 0 Å². The van der Waals surface area contributed by atoms with Crippen molar-refractivity contribution in [2.75, 3.05) is 6.54 Å². The van der Waals surface area contributed by atoms with Crippen molar-refractivity contribution in [3.63, 3.8) is 0 Å². The number of carbonyl (C=O) groups is 1. The quantitative estimate of drug-likeness (QED) is 0.773. The molecule has 1 aliphatic heterocycles. The van der Waals surface area contributed by atoms with Crippen LogP contribution in [-0.4, -0.2) is 38.4 Å².